The van der Waals surface area contributed by atoms with Crippen molar-refractivity contribution in [3.63, 3.8) is 0 Å². The summed E-state index contributed by atoms with van der Waals surface area (Å²) in [6, 6.07) is 13.9. The Kier molecular flexibility index (Phi) is 7.56. The highest BCUT2D eigenvalue weighted by molar-refractivity contribution is 5.98. The lowest BCUT2D eigenvalue weighted by atomic mass is 10.1. The number of methoxy groups -OCH3 is 2. The van der Waals surface area contributed by atoms with Crippen LogP contribution in [0.5, 0.6) is 5.75 Å². The summed E-state index contributed by atoms with van der Waals surface area (Å²) >= 11 is 0. The van der Waals surface area contributed by atoms with E-state index in [-0.39, 0.29) is 18.4 Å². The number of nitrogens with one attached hydrogen (secondary N) is 1. The Labute approximate surface area is 164 Å². The van der Waals surface area contributed by atoms with Gasteiger partial charge in [0.05, 0.1) is 19.8 Å². The van der Waals surface area contributed by atoms with Gasteiger partial charge in [0.1, 0.15) is 12.3 Å². The minimum absolute atomic E-state index is 0.112. The second-order valence-electron chi connectivity index (χ2n) is 6.06. The van der Waals surface area contributed by atoms with Crippen molar-refractivity contribution < 1.29 is 23.9 Å². The molecule has 0 bridgehead atoms. The molecule has 0 spiro atoms. The molecular formula is C21H24N2O5. The molecule has 0 aromatic heterocycles. The molecule has 0 radical (unpaired) electrons. The minimum Gasteiger partial charge on any atom is -0.496 e. The lowest BCUT2D eigenvalue weighted by molar-refractivity contribution is -0.123. The normalized spacial score (nSPS) is 10.1. The highest BCUT2D eigenvalue weighted by atomic mass is 16.5. The van der Waals surface area contributed by atoms with Crippen LogP contribution < -0.4 is 15.0 Å². The predicted molar refractivity (Wildman–Crippen MR) is 106 cm³/mol. The highest BCUT2D eigenvalue weighted by Crippen LogP contribution is 2.18. The topological polar surface area (TPSA) is 84.9 Å². The number of nitrogens with zero attached hydrogens (tertiary/aromatic N) is 1. The molecule has 0 heterocycles. The Hall–Kier alpha value is -3.35. The van der Waals surface area contributed by atoms with E-state index in [1.54, 1.807) is 31.4 Å². The van der Waals surface area contributed by atoms with Crippen molar-refractivity contribution >= 4 is 23.5 Å². The van der Waals surface area contributed by atoms with Crippen LogP contribution in [0.2, 0.25) is 0 Å². The summed E-state index contributed by atoms with van der Waals surface area (Å²) in [4.78, 5) is 37.1. The van der Waals surface area contributed by atoms with Crippen molar-refractivity contribution in [2.75, 3.05) is 32.2 Å². The first kappa shape index (κ1) is 21.0. The van der Waals surface area contributed by atoms with Gasteiger partial charge in [-0.2, -0.15) is 0 Å². The number of amides is 2. The van der Waals surface area contributed by atoms with E-state index >= 15 is 0 Å². The molecule has 2 aromatic rings. The van der Waals surface area contributed by atoms with E-state index in [9.17, 15) is 14.4 Å². The van der Waals surface area contributed by atoms with Crippen LogP contribution in [-0.2, 0) is 20.7 Å². The maximum absolute atomic E-state index is 12.3. The second-order valence-corrected chi connectivity index (χ2v) is 6.06. The first-order valence-electron chi connectivity index (χ1n) is 8.81. The van der Waals surface area contributed by atoms with Gasteiger partial charge in [0.25, 0.3) is 0 Å². The van der Waals surface area contributed by atoms with E-state index in [2.05, 4.69) is 10.1 Å². The van der Waals surface area contributed by atoms with Crippen molar-refractivity contribution in [3.05, 3.63) is 59.7 Å². The molecule has 0 unspecified atom stereocenters. The SMILES string of the molecule is COC(=O)c1ccc(N(CC(=O)NCCc2ccccc2OC)C(C)=O)cc1. The molecular weight excluding hydrogens is 360 g/mol. The molecule has 0 saturated heterocycles. The van der Waals surface area contributed by atoms with Crippen LogP contribution in [0.4, 0.5) is 5.69 Å². The molecule has 0 aliphatic rings. The van der Waals surface area contributed by atoms with Crippen LogP contribution in [0.1, 0.15) is 22.8 Å². The van der Waals surface area contributed by atoms with Crippen LogP contribution >= 0.6 is 0 Å². The number of esters is 1. The average molecular weight is 384 g/mol. The van der Waals surface area contributed by atoms with Gasteiger partial charge in [0.15, 0.2) is 0 Å². The fourth-order valence-corrected chi connectivity index (χ4v) is 2.73. The highest BCUT2D eigenvalue weighted by Gasteiger charge is 2.16. The lowest BCUT2D eigenvalue weighted by Gasteiger charge is -2.21. The molecule has 2 aromatic carbocycles. The Balaban J connectivity index is 1.95. The Morgan fingerprint density at radius 1 is 1.00 bits per heavy atom. The Bertz CT molecular complexity index is 833. The van der Waals surface area contributed by atoms with Crippen LogP contribution in [-0.4, -0.2) is 45.1 Å². The van der Waals surface area contributed by atoms with Gasteiger partial charge in [-0.15, -0.1) is 0 Å². The van der Waals surface area contributed by atoms with Gasteiger partial charge in [0.2, 0.25) is 11.8 Å². The number of carbonyl (C=O) groups is 3. The van der Waals surface area contributed by atoms with E-state index in [4.69, 9.17) is 4.74 Å². The number of carbonyl (C=O) groups excluding carboxylic acids is 3. The van der Waals surface area contributed by atoms with Gasteiger partial charge in [-0.05, 0) is 42.3 Å². The molecule has 0 fully saturated rings. The summed E-state index contributed by atoms with van der Waals surface area (Å²) in [7, 11) is 2.90. The summed E-state index contributed by atoms with van der Waals surface area (Å²) in [5.74, 6) is -0.240. The van der Waals surface area contributed by atoms with Crippen molar-refractivity contribution in [2.45, 2.75) is 13.3 Å². The Morgan fingerprint density at radius 3 is 2.29 bits per heavy atom. The second kappa shape index (κ2) is 10.1. The van der Waals surface area contributed by atoms with E-state index < -0.39 is 5.97 Å². The first-order chi connectivity index (χ1) is 13.5. The predicted octanol–water partition coefficient (Wildman–Crippen LogP) is 2.19. The quantitative estimate of drug-likeness (QED) is 0.706. The van der Waals surface area contributed by atoms with Crippen LogP contribution in [0, 0.1) is 0 Å². The van der Waals surface area contributed by atoms with E-state index in [0.29, 0.717) is 24.2 Å². The van der Waals surface area contributed by atoms with Crippen molar-refractivity contribution in [2.24, 2.45) is 0 Å². The van der Waals surface area contributed by atoms with Gasteiger partial charge >= 0.3 is 5.97 Å². The maximum Gasteiger partial charge on any atom is 0.337 e. The number of hydrogen-bond acceptors (Lipinski definition) is 5. The zero-order chi connectivity index (χ0) is 20.5. The Morgan fingerprint density at radius 2 is 1.68 bits per heavy atom. The molecule has 148 valence electrons. The summed E-state index contributed by atoms with van der Waals surface area (Å²) in [6.45, 7) is 1.70. The minimum atomic E-state index is -0.463. The van der Waals surface area contributed by atoms with Gasteiger partial charge in [-0.25, -0.2) is 4.79 Å². The molecule has 28 heavy (non-hydrogen) atoms. The monoisotopic (exact) mass is 384 g/mol. The molecule has 0 saturated carbocycles. The van der Waals surface area contributed by atoms with Crippen LogP contribution in [0.25, 0.3) is 0 Å². The molecule has 0 aliphatic carbocycles. The van der Waals surface area contributed by atoms with Gasteiger partial charge < -0.3 is 19.7 Å². The molecule has 0 aliphatic heterocycles. The standard InChI is InChI=1S/C21H24N2O5/c1-15(24)23(18-10-8-17(9-11-18)21(26)28-3)14-20(25)22-13-12-16-6-4-5-7-19(16)27-2/h4-11H,12-14H2,1-3H3,(H,22,25). The van der Waals surface area contributed by atoms with E-state index in [0.717, 1.165) is 11.3 Å². The third-order valence-electron chi connectivity index (χ3n) is 4.19. The number of ether oxygens (including phenoxy) is 2. The van der Waals surface area contributed by atoms with E-state index in [1.165, 1.54) is 18.9 Å². The smallest absolute Gasteiger partial charge is 0.337 e. The van der Waals surface area contributed by atoms with Crippen molar-refractivity contribution in [1.82, 2.24) is 5.32 Å². The number of hydrogen-bond donors (Lipinski definition) is 1. The molecule has 0 atom stereocenters. The molecule has 2 amide bonds. The molecule has 1 N–H and O–H groups in total. The largest absolute Gasteiger partial charge is 0.496 e. The zero-order valence-electron chi connectivity index (χ0n) is 16.2. The summed E-state index contributed by atoms with van der Waals surface area (Å²) in [6.07, 6.45) is 0.615. The number of para-hydroxylation sites is 1. The van der Waals surface area contributed by atoms with Crippen molar-refractivity contribution in [3.8, 4) is 5.75 Å². The number of anilines is 1. The first-order valence-corrected chi connectivity index (χ1v) is 8.81. The van der Waals surface area contributed by atoms with Crippen LogP contribution in [0.15, 0.2) is 48.5 Å². The summed E-state index contributed by atoms with van der Waals surface area (Å²) in [5.41, 5.74) is 1.89. The van der Waals surface area contributed by atoms with Crippen molar-refractivity contribution in [1.29, 1.82) is 0 Å². The lowest BCUT2D eigenvalue weighted by Crippen LogP contribution is -2.40. The average Bonchev–Trinajstić information content (AvgIpc) is 2.71. The third-order valence-corrected chi connectivity index (χ3v) is 4.19. The van der Waals surface area contributed by atoms with Crippen LogP contribution in [0.3, 0.4) is 0 Å². The molecule has 2 rings (SSSR count). The molecule has 7 heteroatoms. The third kappa shape index (κ3) is 5.57. The van der Waals surface area contributed by atoms with E-state index in [1.807, 2.05) is 24.3 Å². The summed E-state index contributed by atoms with van der Waals surface area (Å²) < 4.78 is 9.95. The van der Waals surface area contributed by atoms with Gasteiger partial charge in [0, 0.05) is 19.2 Å². The fourth-order valence-electron chi connectivity index (χ4n) is 2.73. The van der Waals surface area contributed by atoms with Gasteiger partial charge in [-0.3, -0.25) is 9.59 Å². The maximum atomic E-state index is 12.3. The summed E-state index contributed by atoms with van der Waals surface area (Å²) in [5, 5.41) is 2.81. The van der Waals surface area contributed by atoms with Gasteiger partial charge in [-0.1, -0.05) is 18.2 Å². The number of benzene rings is 2. The zero-order valence-corrected chi connectivity index (χ0v) is 16.2. The molecule has 7 nitrogen and oxygen atoms in total. The number of rotatable bonds is 8. The fraction of sp³-hybridized carbons (Fsp3) is 0.286.